The smallest absolute Gasteiger partial charge is 0.224 e. The van der Waals surface area contributed by atoms with E-state index in [2.05, 4.69) is 15.1 Å². The number of morpholine rings is 1. The molecule has 1 aromatic carbocycles. The van der Waals surface area contributed by atoms with Gasteiger partial charge in [0.2, 0.25) is 5.91 Å². The molecule has 2 saturated heterocycles. The molecule has 138 valence electrons. The van der Waals surface area contributed by atoms with E-state index in [1.165, 1.54) is 6.07 Å². The topological polar surface area (TPSA) is 44.8 Å². The van der Waals surface area contributed by atoms with Gasteiger partial charge in [-0.2, -0.15) is 0 Å². The summed E-state index contributed by atoms with van der Waals surface area (Å²) in [6.07, 6.45) is 1.23. The van der Waals surface area contributed by atoms with Crippen LogP contribution in [0, 0.1) is 11.7 Å². The number of hydrogen-bond acceptors (Lipinski definition) is 4. The van der Waals surface area contributed by atoms with E-state index >= 15 is 0 Å². The summed E-state index contributed by atoms with van der Waals surface area (Å²) in [4.78, 5) is 17.0. The second kappa shape index (κ2) is 9.27. The zero-order chi connectivity index (χ0) is 17.5. The molecule has 1 unspecified atom stereocenters. The fraction of sp³-hybridized carbons (Fsp3) is 0.632. The first-order valence-electron chi connectivity index (χ1n) is 9.23. The van der Waals surface area contributed by atoms with E-state index in [1.54, 1.807) is 18.2 Å². The second-order valence-corrected chi connectivity index (χ2v) is 6.98. The van der Waals surface area contributed by atoms with Gasteiger partial charge in [0.15, 0.2) is 0 Å². The lowest BCUT2D eigenvalue weighted by atomic mass is 10.1. The molecular weight excluding hydrogens is 321 g/mol. The van der Waals surface area contributed by atoms with Crippen molar-refractivity contribution in [1.82, 2.24) is 15.1 Å². The number of likely N-dealkylation sites (tertiary alicyclic amines) is 1. The highest BCUT2D eigenvalue weighted by atomic mass is 19.1. The van der Waals surface area contributed by atoms with Crippen LogP contribution in [-0.2, 0) is 16.0 Å². The van der Waals surface area contributed by atoms with Gasteiger partial charge in [-0.1, -0.05) is 18.2 Å². The number of nitrogens with one attached hydrogen (secondary N) is 1. The summed E-state index contributed by atoms with van der Waals surface area (Å²) in [6.45, 7) is 8.74. The van der Waals surface area contributed by atoms with Crippen molar-refractivity contribution in [3.05, 3.63) is 35.6 Å². The minimum Gasteiger partial charge on any atom is -0.379 e. The van der Waals surface area contributed by atoms with Gasteiger partial charge in [0.25, 0.3) is 0 Å². The number of hydrogen-bond donors (Lipinski definition) is 1. The Balaban J connectivity index is 1.32. The number of halogens is 1. The van der Waals surface area contributed by atoms with Crippen LogP contribution < -0.4 is 5.32 Å². The zero-order valence-corrected chi connectivity index (χ0v) is 14.8. The van der Waals surface area contributed by atoms with Crippen molar-refractivity contribution in [2.75, 3.05) is 59.0 Å². The lowest BCUT2D eigenvalue weighted by Gasteiger charge is -2.28. The number of benzene rings is 1. The first-order valence-corrected chi connectivity index (χ1v) is 9.23. The molecule has 2 fully saturated rings. The van der Waals surface area contributed by atoms with E-state index in [9.17, 15) is 9.18 Å². The Morgan fingerprint density at radius 1 is 1.16 bits per heavy atom. The predicted octanol–water partition coefficient (Wildman–Crippen LogP) is 1.14. The van der Waals surface area contributed by atoms with Crippen molar-refractivity contribution < 1.29 is 13.9 Å². The minimum atomic E-state index is -0.312. The predicted molar refractivity (Wildman–Crippen MR) is 94.9 cm³/mol. The summed E-state index contributed by atoms with van der Waals surface area (Å²) < 4.78 is 19.0. The van der Waals surface area contributed by atoms with E-state index in [1.807, 2.05) is 0 Å². The summed E-state index contributed by atoms with van der Waals surface area (Å²) in [6, 6.07) is 6.46. The largest absolute Gasteiger partial charge is 0.379 e. The highest BCUT2D eigenvalue weighted by Gasteiger charge is 2.23. The molecule has 0 bridgehead atoms. The summed E-state index contributed by atoms with van der Waals surface area (Å²) in [7, 11) is 0. The molecule has 1 aromatic rings. The Morgan fingerprint density at radius 3 is 2.72 bits per heavy atom. The summed E-state index contributed by atoms with van der Waals surface area (Å²) in [5, 5.41) is 2.97. The number of carbonyl (C=O) groups excluding carboxylic acids is 1. The molecule has 2 aliphatic rings. The van der Waals surface area contributed by atoms with Crippen LogP contribution in [0.2, 0.25) is 0 Å². The number of carbonyl (C=O) groups is 1. The lowest BCUT2D eigenvalue weighted by Crippen LogP contribution is -2.41. The Bertz CT molecular complexity index is 563. The normalized spacial score (nSPS) is 22.2. The van der Waals surface area contributed by atoms with Gasteiger partial charge in [0, 0.05) is 39.3 Å². The van der Waals surface area contributed by atoms with Gasteiger partial charge in [-0.25, -0.2) is 4.39 Å². The van der Waals surface area contributed by atoms with Crippen molar-refractivity contribution in [3.63, 3.8) is 0 Å². The third-order valence-corrected chi connectivity index (χ3v) is 5.10. The average Bonchev–Trinajstić information content (AvgIpc) is 3.09. The van der Waals surface area contributed by atoms with E-state index in [4.69, 9.17) is 4.74 Å². The molecular formula is C19H28FN3O2. The average molecular weight is 349 g/mol. The maximum atomic E-state index is 13.6. The lowest BCUT2D eigenvalue weighted by molar-refractivity contribution is -0.120. The van der Waals surface area contributed by atoms with Gasteiger partial charge in [-0.15, -0.1) is 0 Å². The van der Waals surface area contributed by atoms with Crippen LogP contribution in [-0.4, -0.2) is 74.7 Å². The Morgan fingerprint density at radius 2 is 1.92 bits per heavy atom. The quantitative estimate of drug-likeness (QED) is 0.802. The van der Waals surface area contributed by atoms with Crippen LogP contribution in [0.1, 0.15) is 12.0 Å². The summed E-state index contributed by atoms with van der Waals surface area (Å²) in [5.41, 5.74) is 0.457. The molecule has 0 saturated carbocycles. The monoisotopic (exact) mass is 349 g/mol. The number of nitrogens with zero attached hydrogens (tertiary/aromatic N) is 2. The summed E-state index contributed by atoms with van der Waals surface area (Å²) >= 11 is 0. The fourth-order valence-electron chi connectivity index (χ4n) is 3.53. The molecule has 25 heavy (non-hydrogen) atoms. The van der Waals surface area contributed by atoms with Gasteiger partial charge in [0.05, 0.1) is 19.6 Å². The number of amides is 1. The molecule has 3 rings (SSSR count). The van der Waals surface area contributed by atoms with Crippen LogP contribution >= 0.6 is 0 Å². The van der Waals surface area contributed by atoms with Crippen molar-refractivity contribution in [2.45, 2.75) is 12.8 Å². The van der Waals surface area contributed by atoms with Gasteiger partial charge >= 0.3 is 0 Å². The molecule has 0 radical (unpaired) electrons. The van der Waals surface area contributed by atoms with Gasteiger partial charge in [-0.3, -0.25) is 9.69 Å². The van der Waals surface area contributed by atoms with Crippen LogP contribution in [0.4, 0.5) is 4.39 Å². The van der Waals surface area contributed by atoms with Crippen LogP contribution in [0.25, 0.3) is 0 Å². The van der Waals surface area contributed by atoms with Crippen LogP contribution in [0.15, 0.2) is 24.3 Å². The molecule has 0 aliphatic carbocycles. The standard InChI is InChI=1S/C19H28FN3O2/c20-18-4-2-1-3-17(18)13-19(24)21-14-16-5-6-23(15-16)8-7-22-9-11-25-12-10-22/h1-4,16H,5-15H2,(H,21,24). The Kier molecular flexibility index (Phi) is 6.78. The summed E-state index contributed by atoms with van der Waals surface area (Å²) in [5.74, 6) is 0.0823. The highest BCUT2D eigenvalue weighted by Crippen LogP contribution is 2.15. The highest BCUT2D eigenvalue weighted by molar-refractivity contribution is 5.78. The zero-order valence-electron chi connectivity index (χ0n) is 14.8. The van der Waals surface area contributed by atoms with Crippen LogP contribution in [0.3, 0.4) is 0 Å². The van der Waals surface area contributed by atoms with Gasteiger partial charge < -0.3 is 15.0 Å². The van der Waals surface area contributed by atoms with E-state index in [0.29, 0.717) is 18.0 Å². The third-order valence-electron chi connectivity index (χ3n) is 5.10. The van der Waals surface area contributed by atoms with Crippen molar-refractivity contribution in [2.24, 2.45) is 5.92 Å². The molecule has 1 N–H and O–H groups in total. The molecule has 2 aliphatic heterocycles. The van der Waals surface area contributed by atoms with Crippen molar-refractivity contribution in [3.8, 4) is 0 Å². The van der Waals surface area contributed by atoms with Crippen molar-refractivity contribution in [1.29, 1.82) is 0 Å². The first kappa shape index (κ1) is 18.3. The third kappa shape index (κ3) is 5.76. The van der Waals surface area contributed by atoms with Gasteiger partial charge in [-0.05, 0) is 30.5 Å². The van der Waals surface area contributed by atoms with Crippen LogP contribution in [0.5, 0.6) is 0 Å². The second-order valence-electron chi connectivity index (χ2n) is 6.98. The first-order chi connectivity index (χ1) is 12.2. The molecule has 6 heteroatoms. The van der Waals surface area contributed by atoms with E-state index < -0.39 is 0 Å². The van der Waals surface area contributed by atoms with Gasteiger partial charge in [0.1, 0.15) is 5.82 Å². The fourth-order valence-corrected chi connectivity index (χ4v) is 3.53. The number of rotatable bonds is 7. The minimum absolute atomic E-state index is 0.100. The Labute approximate surface area is 149 Å². The molecule has 5 nitrogen and oxygen atoms in total. The molecule has 0 aromatic heterocycles. The SMILES string of the molecule is O=C(Cc1ccccc1F)NCC1CCN(CCN2CCOCC2)C1. The molecule has 0 spiro atoms. The Hall–Kier alpha value is -1.50. The maximum absolute atomic E-state index is 13.6. The number of ether oxygens (including phenoxy) is 1. The van der Waals surface area contributed by atoms with E-state index in [0.717, 1.165) is 58.9 Å². The maximum Gasteiger partial charge on any atom is 0.224 e. The van der Waals surface area contributed by atoms with Crippen molar-refractivity contribution >= 4 is 5.91 Å². The molecule has 1 atom stereocenters. The molecule has 2 heterocycles. The van der Waals surface area contributed by atoms with E-state index in [-0.39, 0.29) is 18.1 Å². The molecule has 1 amide bonds.